The molecule has 1 aromatic heterocycles. The van der Waals surface area contributed by atoms with Crippen LogP contribution in [0.15, 0.2) is 35.1 Å². The first kappa shape index (κ1) is 20.1. The topological polar surface area (TPSA) is 75.4 Å². The number of hydrogen-bond donors (Lipinski definition) is 1. The largest absolute Gasteiger partial charge is 0.493 e. The fraction of sp³-hybridized carbons (Fsp3) is 0.500. The van der Waals surface area contributed by atoms with Crippen molar-refractivity contribution in [3.63, 3.8) is 0 Å². The second-order valence-corrected chi connectivity index (χ2v) is 7.74. The lowest BCUT2D eigenvalue weighted by Gasteiger charge is -2.22. The van der Waals surface area contributed by atoms with Gasteiger partial charge in [0.25, 0.3) is 11.5 Å². The molecule has 1 unspecified atom stereocenters. The molecule has 28 heavy (non-hydrogen) atoms. The van der Waals surface area contributed by atoms with Crippen molar-refractivity contribution >= 4 is 5.91 Å². The number of carbonyl (C=O) groups is 1. The molecule has 0 aliphatic carbocycles. The van der Waals surface area contributed by atoms with Gasteiger partial charge in [0.1, 0.15) is 5.82 Å². The molecule has 2 heterocycles. The summed E-state index contributed by atoms with van der Waals surface area (Å²) in [6, 6.07) is 9.41. The normalized spacial score (nSPS) is 17.7. The number of likely N-dealkylation sites (tertiary alicyclic amines) is 1. The highest BCUT2D eigenvalue weighted by Crippen LogP contribution is 2.23. The van der Waals surface area contributed by atoms with E-state index in [1.54, 1.807) is 9.47 Å². The van der Waals surface area contributed by atoms with E-state index in [1.165, 1.54) is 0 Å². The van der Waals surface area contributed by atoms with Gasteiger partial charge >= 0.3 is 0 Å². The van der Waals surface area contributed by atoms with Crippen molar-refractivity contribution < 1.29 is 9.90 Å². The zero-order chi connectivity index (χ0) is 20.3. The second kappa shape index (κ2) is 8.59. The molecule has 1 aliphatic heterocycles. The van der Waals surface area contributed by atoms with Crippen LogP contribution in [-0.2, 0) is 6.42 Å². The summed E-state index contributed by atoms with van der Waals surface area (Å²) < 4.78 is 1.58. The number of amides is 1. The predicted molar refractivity (Wildman–Crippen MR) is 109 cm³/mol. The predicted octanol–water partition coefficient (Wildman–Crippen LogP) is 3.38. The van der Waals surface area contributed by atoms with E-state index in [1.807, 2.05) is 37.3 Å². The molecular formula is C22H29N3O3. The van der Waals surface area contributed by atoms with Gasteiger partial charge in [-0.2, -0.15) is 4.98 Å². The summed E-state index contributed by atoms with van der Waals surface area (Å²) in [6.07, 6.45) is 3.28. The highest BCUT2D eigenvalue weighted by molar-refractivity contribution is 5.96. The molecule has 1 aromatic carbocycles. The quantitative estimate of drug-likeness (QED) is 0.830. The number of hydrogen-bond acceptors (Lipinski definition) is 4. The summed E-state index contributed by atoms with van der Waals surface area (Å²) in [5.74, 6) is 0.0490. The minimum atomic E-state index is -0.459. The minimum absolute atomic E-state index is 0.211. The van der Waals surface area contributed by atoms with Crippen molar-refractivity contribution in [2.75, 3.05) is 13.1 Å². The first-order valence-electron chi connectivity index (χ1n) is 10.1. The van der Waals surface area contributed by atoms with Gasteiger partial charge in [-0.1, -0.05) is 50.6 Å². The molecule has 150 valence electrons. The summed E-state index contributed by atoms with van der Waals surface area (Å²) in [6.45, 7) is 7.27. The van der Waals surface area contributed by atoms with Crippen LogP contribution in [0.3, 0.4) is 0 Å². The van der Waals surface area contributed by atoms with E-state index in [4.69, 9.17) is 0 Å². The maximum atomic E-state index is 13.4. The molecule has 0 saturated carbocycles. The zero-order valence-electron chi connectivity index (χ0n) is 16.9. The SMILES string of the molecule is CCCCc1nc(O)c(C(=O)N2CC[C@@H](C)C2)c(=O)n1C(C)c1ccccc1. The third kappa shape index (κ3) is 3.96. The fourth-order valence-corrected chi connectivity index (χ4v) is 3.82. The maximum Gasteiger partial charge on any atom is 0.270 e. The maximum absolute atomic E-state index is 13.4. The molecule has 6 heteroatoms. The number of aryl methyl sites for hydroxylation is 1. The van der Waals surface area contributed by atoms with Crippen LogP contribution in [0, 0.1) is 5.92 Å². The van der Waals surface area contributed by atoms with Gasteiger partial charge in [0, 0.05) is 19.5 Å². The van der Waals surface area contributed by atoms with Gasteiger partial charge in [-0.05, 0) is 31.2 Å². The summed E-state index contributed by atoms with van der Waals surface area (Å²) in [4.78, 5) is 32.3. The van der Waals surface area contributed by atoms with Crippen molar-refractivity contribution in [2.45, 2.75) is 52.5 Å². The highest BCUT2D eigenvalue weighted by Gasteiger charge is 2.31. The molecule has 2 aromatic rings. The van der Waals surface area contributed by atoms with E-state index in [0.717, 1.165) is 24.8 Å². The van der Waals surface area contributed by atoms with Crippen LogP contribution in [0.1, 0.15) is 67.8 Å². The molecule has 1 saturated heterocycles. The fourth-order valence-electron chi connectivity index (χ4n) is 3.82. The lowest BCUT2D eigenvalue weighted by molar-refractivity contribution is 0.0781. The summed E-state index contributed by atoms with van der Waals surface area (Å²) in [5, 5.41) is 10.5. The minimum Gasteiger partial charge on any atom is -0.493 e. The third-order valence-corrected chi connectivity index (χ3v) is 5.52. The molecule has 0 spiro atoms. The number of nitrogens with zero attached hydrogens (tertiary/aromatic N) is 3. The van der Waals surface area contributed by atoms with Crippen molar-refractivity contribution in [2.24, 2.45) is 5.92 Å². The first-order chi connectivity index (χ1) is 13.4. The van der Waals surface area contributed by atoms with E-state index in [9.17, 15) is 14.7 Å². The van der Waals surface area contributed by atoms with Gasteiger partial charge < -0.3 is 10.0 Å². The number of aromatic hydroxyl groups is 1. The van der Waals surface area contributed by atoms with E-state index >= 15 is 0 Å². The molecule has 0 radical (unpaired) electrons. The van der Waals surface area contributed by atoms with Gasteiger partial charge in [-0.15, -0.1) is 0 Å². The van der Waals surface area contributed by atoms with Gasteiger partial charge in [0.05, 0.1) is 6.04 Å². The van der Waals surface area contributed by atoms with Gasteiger partial charge in [-0.3, -0.25) is 14.2 Å². The van der Waals surface area contributed by atoms with Crippen molar-refractivity contribution in [3.05, 3.63) is 57.6 Å². The van der Waals surface area contributed by atoms with Crippen LogP contribution in [0.5, 0.6) is 5.88 Å². The Labute approximate surface area is 165 Å². The average molecular weight is 383 g/mol. The van der Waals surface area contributed by atoms with Crippen molar-refractivity contribution in [1.82, 2.24) is 14.5 Å². The first-order valence-corrected chi connectivity index (χ1v) is 10.1. The Hall–Kier alpha value is -2.63. The van der Waals surface area contributed by atoms with E-state index in [-0.39, 0.29) is 11.6 Å². The summed E-state index contributed by atoms with van der Waals surface area (Å²) in [7, 11) is 0. The highest BCUT2D eigenvalue weighted by atomic mass is 16.3. The van der Waals surface area contributed by atoms with Crippen molar-refractivity contribution in [3.8, 4) is 5.88 Å². The lowest BCUT2D eigenvalue weighted by Crippen LogP contribution is -2.38. The standard InChI is InChI=1S/C22H29N3O3/c1-4-5-11-18-23-20(26)19(21(27)24-13-12-15(2)14-24)22(28)25(18)16(3)17-9-7-6-8-10-17/h6-10,15-16,26H,4-5,11-14H2,1-3H3/t15-,16?/m1/s1. The van der Waals surface area contributed by atoms with E-state index < -0.39 is 17.3 Å². The molecule has 1 aliphatic rings. The molecular weight excluding hydrogens is 354 g/mol. The number of carbonyl (C=O) groups excluding carboxylic acids is 1. The Morgan fingerprint density at radius 3 is 2.64 bits per heavy atom. The van der Waals surface area contributed by atoms with E-state index in [0.29, 0.717) is 31.3 Å². The van der Waals surface area contributed by atoms with Crippen LogP contribution < -0.4 is 5.56 Å². The Balaban J connectivity index is 2.09. The number of rotatable bonds is 6. The molecule has 3 rings (SSSR count). The second-order valence-electron chi connectivity index (χ2n) is 7.74. The molecule has 1 N–H and O–H groups in total. The Morgan fingerprint density at radius 1 is 1.32 bits per heavy atom. The molecule has 1 amide bonds. The number of benzene rings is 1. The average Bonchev–Trinajstić information content (AvgIpc) is 3.12. The lowest BCUT2D eigenvalue weighted by atomic mass is 10.1. The Kier molecular flexibility index (Phi) is 6.17. The zero-order valence-corrected chi connectivity index (χ0v) is 16.9. The molecule has 0 bridgehead atoms. The van der Waals surface area contributed by atoms with Crippen LogP contribution >= 0.6 is 0 Å². The van der Waals surface area contributed by atoms with Crippen LogP contribution in [0.25, 0.3) is 0 Å². The van der Waals surface area contributed by atoms with Gasteiger partial charge in [0.15, 0.2) is 5.56 Å². The van der Waals surface area contributed by atoms with Gasteiger partial charge in [-0.25, -0.2) is 0 Å². The Morgan fingerprint density at radius 2 is 2.04 bits per heavy atom. The third-order valence-electron chi connectivity index (χ3n) is 5.52. The molecule has 2 atom stereocenters. The monoisotopic (exact) mass is 383 g/mol. The van der Waals surface area contributed by atoms with Crippen molar-refractivity contribution in [1.29, 1.82) is 0 Å². The Bertz CT molecular complexity index is 892. The molecule has 1 fully saturated rings. The van der Waals surface area contributed by atoms with Crippen LogP contribution in [0.4, 0.5) is 0 Å². The summed E-state index contributed by atoms with van der Waals surface area (Å²) in [5.41, 5.74) is 0.291. The smallest absolute Gasteiger partial charge is 0.270 e. The van der Waals surface area contributed by atoms with Gasteiger partial charge in [0.2, 0.25) is 5.88 Å². The van der Waals surface area contributed by atoms with Crippen LogP contribution in [0.2, 0.25) is 0 Å². The molecule has 6 nitrogen and oxygen atoms in total. The number of aromatic nitrogens is 2. The summed E-state index contributed by atoms with van der Waals surface area (Å²) >= 11 is 0. The van der Waals surface area contributed by atoms with Crippen LogP contribution in [-0.4, -0.2) is 38.6 Å². The number of unbranched alkanes of at least 4 members (excludes halogenated alkanes) is 1. The van der Waals surface area contributed by atoms with E-state index in [2.05, 4.69) is 18.8 Å².